The van der Waals surface area contributed by atoms with Crippen LogP contribution in [0, 0.1) is 0 Å². The molecule has 0 bridgehead atoms. The molecule has 0 spiro atoms. The van der Waals surface area contributed by atoms with Crippen LogP contribution in [0.5, 0.6) is 17.2 Å². The van der Waals surface area contributed by atoms with Gasteiger partial charge in [-0.25, -0.2) is 0 Å². The Labute approximate surface area is 159 Å². The molecule has 0 saturated heterocycles. The van der Waals surface area contributed by atoms with E-state index in [0.717, 1.165) is 0 Å². The van der Waals surface area contributed by atoms with Crippen LogP contribution < -0.4 is 13.6 Å². The molecule has 0 aliphatic rings. The highest BCUT2D eigenvalue weighted by Crippen LogP contribution is 2.49. The lowest BCUT2D eigenvalue weighted by molar-refractivity contribution is 0.216. The van der Waals surface area contributed by atoms with E-state index in [0.29, 0.717) is 17.2 Å². The van der Waals surface area contributed by atoms with Gasteiger partial charge in [0.1, 0.15) is 17.2 Å². The summed E-state index contributed by atoms with van der Waals surface area (Å²) in [6, 6.07) is 26.4. The molecule has 0 amide bonds. The van der Waals surface area contributed by atoms with E-state index >= 15 is 0 Å². The highest BCUT2D eigenvalue weighted by Gasteiger charge is 2.33. The normalized spacial score (nSPS) is 10.5. The van der Waals surface area contributed by atoms with Crippen molar-refractivity contribution in [3.05, 3.63) is 91.0 Å². The third kappa shape index (κ3) is 7.99. The van der Waals surface area contributed by atoms with Gasteiger partial charge in [-0.1, -0.05) is 54.6 Å². The molecule has 0 aliphatic carbocycles. The van der Waals surface area contributed by atoms with E-state index in [1.807, 2.05) is 18.2 Å². The van der Waals surface area contributed by atoms with E-state index in [-0.39, 0.29) is 6.10 Å². The van der Waals surface area contributed by atoms with E-state index in [1.165, 1.54) is 0 Å². The van der Waals surface area contributed by atoms with Crippen LogP contribution in [0.3, 0.4) is 0 Å². The van der Waals surface area contributed by atoms with Crippen LogP contribution in [0.1, 0.15) is 13.8 Å². The molecule has 0 atom stereocenters. The number of rotatable bonds is 6. The average molecular weight is 386 g/mol. The lowest BCUT2D eigenvalue weighted by atomic mass is 10.3. The Hall–Kier alpha value is -2.75. The maximum absolute atomic E-state index is 13.1. The number of benzene rings is 3. The first-order valence-corrected chi connectivity index (χ1v) is 9.95. The number of hydrogen-bond acceptors (Lipinski definition) is 5. The summed E-state index contributed by atoms with van der Waals surface area (Å²) >= 11 is 0. The molecule has 3 aromatic carbocycles. The molecule has 3 aromatic rings. The van der Waals surface area contributed by atoms with Gasteiger partial charge in [0.05, 0.1) is 0 Å². The van der Waals surface area contributed by atoms with Crippen LogP contribution >= 0.6 is 7.82 Å². The zero-order valence-electron chi connectivity index (χ0n) is 15.3. The van der Waals surface area contributed by atoms with Crippen LogP contribution in [-0.4, -0.2) is 11.2 Å². The second-order valence-electron chi connectivity index (χ2n) is 5.75. The van der Waals surface area contributed by atoms with Crippen molar-refractivity contribution in [3.63, 3.8) is 0 Å². The number of para-hydroxylation sites is 3. The minimum Gasteiger partial charge on any atom is -0.394 e. The molecule has 6 heteroatoms. The molecule has 0 aliphatic heterocycles. The van der Waals surface area contributed by atoms with E-state index in [9.17, 15) is 4.57 Å². The van der Waals surface area contributed by atoms with Crippen molar-refractivity contribution in [3.8, 4) is 17.2 Å². The number of aliphatic hydroxyl groups is 1. The standard InChI is InChI=1S/C18H15O4P.C3H8O/c19-23(20-16-10-4-1-5-11-16,21-17-12-6-2-7-13-17)22-18-14-8-3-9-15-18;1-3(2)4/h1-15H;3-4H,1-2H3. The molecule has 0 heterocycles. The summed E-state index contributed by atoms with van der Waals surface area (Å²) in [5.74, 6) is 1.22. The van der Waals surface area contributed by atoms with Gasteiger partial charge >= 0.3 is 7.82 Å². The van der Waals surface area contributed by atoms with Crippen molar-refractivity contribution in [2.45, 2.75) is 20.0 Å². The maximum atomic E-state index is 13.1. The molecule has 27 heavy (non-hydrogen) atoms. The molecule has 1 N–H and O–H groups in total. The molecule has 0 aromatic heterocycles. The van der Waals surface area contributed by atoms with Gasteiger partial charge in [0.15, 0.2) is 0 Å². The van der Waals surface area contributed by atoms with E-state index in [1.54, 1.807) is 86.6 Å². The van der Waals surface area contributed by atoms with Gasteiger partial charge in [-0.15, -0.1) is 0 Å². The predicted octanol–water partition coefficient (Wildman–Crippen LogP) is 5.72. The lowest BCUT2D eigenvalue weighted by Gasteiger charge is -2.19. The van der Waals surface area contributed by atoms with Crippen molar-refractivity contribution >= 4 is 7.82 Å². The Kier molecular flexibility index (Phi) is 7.93. The first-order valence-electron chi connectivity index (χ1n) is 8.49. The summed E-state index contributed by atoms with van der Waals surface area (Å²) in [6.45, 7) is 3.44. The number of aliphatic hydroxyl groups excluding tert-OH is 1. The Morgan fingerprint density at radius 2 is 0.852 bits per heavy atom. The monoisotopic (exact) mass is 386 g/mol. The molecule has 0 unspecified atom stereocenters. The van der Waals surface area contributed by atoms with Crippen LogP contribution in [-0.2, 0) is 4.57 Å². The fourth-order valence-electron chi connectivity index (χ4n) is 1.89. The van der Waals surface area contributed by atoms with Crippen molar-refractivity contribution in [1.82, 2.24) is 0 Å². The molecule has 0 fully saturated rings. The zero-order valence-corrected chi connectivity index (χ0v) is 16.2. The minimum absolute atomic E-state index is 0.167. The van der Waals surface area contributed by atoms with Crippen molar-refractivity contribution in [1.29, 1.82) is 0 Å². The van der Waals surface area contributed by atoms with Crippen molar-refractivity contribution < 1.29 is 23.2 Å². The van der Waals surface area contributed by atoms with Crippen LogP contribution in [0.25, 0.3) is 0 Å². The van der Waals surface area contributed by atoms with Gasteiger partial charge in [0, 0.05) is 6.10 Å². The Bertz CT molecular complexity index is 712. The van der Waals surface area contributed by atoms with E-state index in [2.05, 4.69) is 0 Å². The highest BCUT2D eigenvalue weighted by molar-refractivity contribution is 7.49. The number of phosphoric ester groups is 1. The Morgan fingerprint density at radius 1 is 0.630 bits per heavy atom. The summed E-state index contributed by atoms with van der Waals surface area (Å²) in [5, 5.41) is 8.06. The SMILES string of the molecule is CC(C)O.O=P(Oc1ccccc1)(Oc1ccccc1)Oc1ccccc1. The first-order chi connectivity index (χ1) is 13.0. The summed E-state index contributed by atoms with van der Waals surface area (Å²) in [6.07, 6.45) is -0.167. The fourth-order valence-corrected chi connectivity index (χ4v) is 3.14. The average Bonchev–Trinajstić information content (AvgIpc) is 2.63. The molecule has 3 rings (SSSR count). The van der Waals surface area contributed by atoms with Crippen molar-refractivity contribution in [2.75, 3.05) is 0 Å². The van der Waals surface area contributed by atoms with E-state index in [4.69, 9.17) is 18.7 Å². The fraction of sp³-hybridized carbons (Fsp3) is 0.143. The van der Waals surface area contributed by atoms with E-state index < -0.39 is 7.82 Å². The molecular weight excluding hydrogens is 363 g/mol. The molecule has 0 saturated carbocycles. The Balaban J connectivity index is 0.000000596. The van der Waals surface area contributed by atoms with Gasteiger partial charge in [-0.05, 0) is 50.2 Å². The molecule has 142 valence electrons. The Morgan fingerprint density at radius 3 is 1.07 bits per heavy atom. The van der Waals surface area contributed by atoms with Gasteiger partial charge < -0.3 is 18.7 Å². The van der Waals surface area contributed by atoms with Crippen LogP contribution in [0.4, 0.5) is 0 Å². The smallest absolute Gasteiger partial charge is 0.394 e. The number of hydrogen-bond donors (Lipinski definition) is 1. The second kappa shape index (κ2) is 10.4. The van der Waals surface area contributed by atoms with Crippen LogP contribution in [0.15, 0.2) is 91.0 Å². The molecule has 5 nitrogen and oxygen atoms in total. The predicted molar refractivity (Wildman–Crippen MR) is 106 cm³/mol. The quantitative estimate of drug-likeness (QED) is 0.549. The third-order valence-electron chi connectivity index (χ3n) is 2.88. The number of phosphoric acid groups is 1. The maximum Gasteiger partial charge on any atom is 0.647 e. The van der Waals surface area contributed by atoms with Gasteiger partial charge in [0.2, 0.25) is 0 Å². The van der Waals surface area contributed by atoms with Crippen molar-refractivity contribution in [2.24, 2.45) is 0 Å². The summed E-state index contributed by atoms with van der Waals surface area (Å²) in [5.41, 5.74) is 0. The molecular formula is C21H23O5P. The summed E-state index contributed by atoms with van der Waals surface area (Å²) < 4.78 is 29.6. The largest absolute Gasteiger partial charge is 0.647 e. The first kappa shape index (κ1) is 20.6. The highest BCUT2D eigenvalue weighted by atomic mass is 31.2. The van der Waals surface area contributed by atoms with Crippen LogP contribution in [0.2, 0.25) is 0 Å². The summed E-state index contributed by atoms with van der Waals surface area (Å²) in [4.78, 5) is 0. The topological polar surface area (TPSA) is 65.0 Å². The third-order valence-corrected chi connectivity index (χ3v) is 4.18. The zero-order chi connectivity index (χ0) is 19.5. The minimum atomic E-state index is -3.89. The molecule has 0 radical (unpaired) electrons. The summed E-state index contributed by atoms with van der Waals surface area (Å²) in [7, 11) is -3.89. The van der Waals surface area contributed by atoms with Gasteiger partial charge in [-0.2, -0.15) is 4.57 Å². The van der Waals surface area contributed by atoms with Gasteiger partial charge in [0.25, 0.3) is 0 Å². The lowest BCUT2D eigenvalue weighted by Crippen LogP contribution is -2.07. The van der Waals surface area contributed by atoms with Gasteiger partial charge in [-0.3, -0.25) is 0 Å². The second-order valence-corrected chi connectivity index (χ2v) is 7.20.